The Bertz CT molecular complexity index is 1010. The minimum Gasteiger partial charge on any atom is -0.458 e. The van der Waals surface area contributed by atoms with Crippen molar-refractivity contribution in [1.29, 1.82) is 0 Å². The van der Waals surface area contributed by atoms with E-state index in [1.807, 2.05) is 18.2 Å². The Labute approximate surface area is 164 Å². The predicted octanol–water partition coefficient (Wildman–Crippen LogP) is 3.33. The van der Waals surface area contributed by atoms with E-state index >= 15 is 0 Å². The lowest BCUT2D eigenvalue weighted by Crippen LogP contribution is -2.39. The van der Waals surface area contributed by atoms with E-state index in [-0.39, 0.29) is 24.1 Å². The number of thiazole rings is 1. The van der Waals surface area contributed by atoms with E-state index in [9.17, 15) is 9.90 Å². The lowest BCUT2D eigenvalue weighted by atomic mass is 9.99. The highest BCUT2D eigenvalue weighted by atomic mass is 35.5. The first kappa shape index (κ1) is 18.2. The quantitative estimate of drug-likeness (QED) is 0.580. The number of aliphatic hydroxyl groups excluding tert-OH is 1. The molecule has 0 aliphatic heterocycles. The summed E-state index contributed by atoms with van der Waals surface area (Å²) in [4.78, 5) is 23.1. The van der Waals surface area contributed by atoms with Gasteiger partial charge in [0.2, 0.25) is 0 Å². The van der Waals surface area contributed by atoms with Gasteiger partial charge in [-0.1, -0.05) is 47.9 Å². The van der Waals surface area contributed by atoms with Gasteiger partial charge in [0.15, 0.2) is 11.5 Å². The van der Waals surface area contributed by atoms with Gasteiger partial charge in [-0.2, -0.15) is 9.97 Å². The molecular weight excluding hydrogens is 388 g/mol. The lowest BCUT2D eigenvalue weighted by Gasteiger charge is -2.28. The number of hydrogen-bond acceptors (Lipinski definition) is 7. The second-order valence-corrected chi connectivity index (χ2v) is 8.16. The summed E-state index contributed by atoms with van der Waals surface area (Å²) in [5, 5.41) is 13.9. The van der Waals surface area contributed by atoms with Gasteiger partial charge in [0, 0.05) is 5.02 Å². The summed E-state index contributed by atoms with van der Waals surface area (Å²) in [6.45, 7) is 0.265. The molecule has 1 saturated carbocycles. The van der Waals surface area contributed by atoms with Crippen LogP contribution in [0.15, 0.2) is 29.1 Å². The molecule has 0 spiro atoms. The number of H-pyrrole nitrogens is 1. The van der Waals surface area contributed by atoms with Gasteiger partial charge in [-0.05, 0) is 30.5 Å². The number of aliphatic hydroxyl groups is 1. The second kappa shape index (κ2) is 7.46. The molecule has 1 aromatic carbocycles. The van der Waals surface area contributed by atoms with E-state index in [4.69, 9.17) is 16.3 Å². The molecule has 0 unspecified atom stereocenters. The molecule has 0 radical (unpaired) electrons. The summed E-state index contributed by atoms with van der Waals surface area (Å²) >= 11 is 7.04. The molecule has 7 nitrogen and oxygen atoms in total. The smallest absolute Gasteiger partial charge is 0.320 e. The van der Waals surface area contributed by atoms with Gasteiger partial charge in [0.1, 0.15) is 11.3 Å². The molecule has 0 atom stereocenters. The molecule has 0 saturated heterocycles. The summed E-state index contributed by atoms with van der Waals surface area (Å²) in [5.74, 6) is 0.514. The predicted molar refractivity (Wildman–Crippen MR) is 106 cm³/mol. The zero-order valence-corrected chi connectivity index (χ0v) is 16.1. The first-order chi connectivity index (χ1) is 13.1. The van der Waals surface area contributed by atoms with Gasteiger partial charge in [0.25, 0.3) is 0 Å². The summed E-state index contributed by atoms with van der Waals surface area (Å²) in [7, 11) is 0. The number of halogens is 1. The summed E-state index contributed by atoms with van der Waals surface area (Å²) in [6.07, 6.45) is 3.80. The Morgan fingerprint density at radius 2 is 2.15 bits per heavy atom. The first-order valence-electron chi connectivity index (χ1n) is 8.74. The maximum absolute atomic E-state index is 11.8. The van der Waals surface area contributed by atoms with Crippen molar-refractivity contribution in [2.75, 3.05) is 11.9 Å². The molecule has 3 aromatic rings. The van der Waals surface area contributed by atoms with Crippen molar-refractivity contribution in [2.24, 2.45) is 0 Å². The normalized spacial score (nSPS) is 15.9. The van der Waals surface area contributed by atoms with Gasteiger partial charge in [-0.3, -0.25) is 9.78 Å². The Balaban J connectivity index is 1.64. The van der Waals surface area contributed by atoms with Crippen LogP contribution in [0.25, 0.3) is 10.3 Å². The highest BCUT2D eigenvalue weighted by Crippen LogP contribution is 2.35. The maximum atomic E-state index is 11.8. The highest BCUT2D eigenvalue weighted by Gasteiger charge is 2.34. The number of nitrogens with one attached hydrogen (secondary N) is 2. The Morgan fingerprint density at radius 3 is 2.89 bits per heavy atom. The minimum atomic E-state index is -0.418. The van der Waals surface area contributed by atoms with E-state index in [1.54, 1.807) is 6.07 Å². The molecule has 2 heterocycles. The summed E-state index contributed by atoms with van der Waals surface area (Å²) in [6, 6.07) is 7.51. The van der Waals surface area contributed by atoms with Crippen LogP contribution >= 0.6 is 22.9 Å². The number of nitrogens with zero attached hydrogens (tertiary/aromatic N) is 2. The largest absolute Gasteiger partial charge is 0.458 e. The molecule has 9 heteroatoms. The zero-order chi connectivity index (χ0) is 18.9. The molecule has 142 valence electrons. The molecule has 0 amide bonds. The van der Waals surface area contributed by atoms with Crippen LogP contribution in [0.2, 0.25) is 5.02 Å². The van der Waals surface area contributed by atoms with Crippen LogP contribution in [-0.4, -0.2) is 32.2 Å². The Morgan fingerprint density at radius 1 is 1.33 bits per heavy atom. The van der Waals surface area contributed by atoms with Crippen LogP contribution < -0.4 is 14.9 Å². The topological polar surface area (TPSA) is 100 Å². The lowest BCUT2D eigenvalue weighted by molar-refractivity contribution is 0.213. The molecule has 27 heavy (non-hydrogen) atoms. The Kier molecular flexibility index (Phi) is 5.03. The number of fused-ring (bicyclic) bond motifs is 1. The number of hydrogen-bond donors (Lipinski definition) is 3. The number of rotatable bonds is 6. The van der Waals surface area contributed by atoms with Crippen molar-refractivity contribution in [3.63, 3.8) is 0 Å². The van der Waals surface area contributed by atoms with Crippen LogP contribution in [0.5, 0.6) is 6.01 Å². The standard InChI is InChI=1S/C18H19ClN4O3S/c19-12-5-3-4-11(8-12)9-26-16-20-14-13(27-17(25)22-14)15(21-16)23-18(10-24)6-1-2-7-18/h3-5,8,24H,1-2,6-7,9-10H2,(H2,20,21,22,23,25). The van der Waals surface area contributed by atoms with Crippen LogP contribution in [0, 0.1) is 0 Å². The van der Waals surface area contributed by atoms with Crippen molar-refractivity contribution in [2.45, 2.75) is 37.8 Å². The average Bonchev–Trinajstić information content (AvgIpc) is 3.26. The summed E-state index contributed by atoms with van der Waals surface area (Å²) < 4.78 is 6.37. The van der Waals surface area contributed by atoms with Crippen molar-refractivity contribution < 1.29 is 9.84 Å². The van der Waals surface area contributed by atoms with E-state index in [0.29, 0.717) is 21.2 Å². The van der Waals surface area contributed by atoms with E-state index in [0.717, 1.165) is 42.6 Å². The molecule has 0 bridgehead atoms. The van der Waals surface area contributed by atoms with Crippen molar-refractivity contribution >= 4 is 39.1 Å². The molecule has 2 aromatic heterocycles. The first-order valence-corrected chi connectivity index (χ1v) is 9.93. The number of benzene rings is 1. The van der Waals surface area contributed by atoms with E-state index < -0.39 is 5.54 Å². The molecular formula is C18H19ClN4O3S. The number of ether oxygens (including phenoxy) is 1. The minimum absolute atomic E-state index is 0.0104. The van der Waals surface area contributed by atoms with E-state index in [1.165, 1.54) is 0 Å². The van der Waals surface area contributed by atoms with Gasteiger partial charge in [-0.25, -0.2) is 0 Å². The molecule has 3 N–H and O–H groups in total. The van der Waals surface area contributed by atoms with Gasteiger partial charge in [-0.15, -0.1) is 0 Å². The van der Waals surface area contributed by atoms with Crippen LogP contribution in [0.3, 0.4) is 0 Å². The second-order valence-electron chi connectivity index (χ2n) is 6.74. The van der Waals surface area contributed by atoms with Gasteiger partial charge >= 0.3 is 10.9 Å². The molecule has 1 aliphatic carbocycles. The number of anilines is 1. The Hall–Kier alpha value is -2.16. The third kappa shape index (κ3) is 3.92. The molecule has 1 aliphatic rings. The monoisotopic (exact) mass is 406 g/mol. The van der Waals surface area contributed by atoms with Crippen LogP contribution in [0.1, 0.15) is 31.2 Å². The highest BCUT2D eigenvalue weighted by molar-refractivity contribution is 7.17. The maximum Gasteiger partial charge on any atom is 0.320 e. The average molecular weight is 407 g/mol. The van der Waals surface area contributed by atoms with Crippen molar-refractivity contribution in [3.8, 4) is 6.01 Å². The fourth-order valence-corrected chi connectivity index (χ4v) is 4.31. The third-order valence-electron chi connectivity index (χ3n) is 4.76. The van der Waals surface area contributed by atoms with Crippen molar-refractivity contribution in [1.82, 2.24) is 15.0 Å². The summed E-state index contributed by atoms with van der Waals surface area (Å²) in [5.41, 5.74) is 0.898. The van der Waals surface area contributed by atoms with E-state index in [2.05, 4.69) is 20.3 Å². The molecule has 1 fully saturated rings. The van der Waals surface area contributed by atoms with Gasteiger partial charge < -0.3 is 15.2 Å². The fraction of sp³-hybridized carbons (Fsp3) is 0.389. The number of aromatic amines is 1. The fourth-order valence-electron chi connectivity index (χ4n) is 3.38. The van der Waals surface area contributed by atoms with Crippen LogP contribution in [0.4, 0.5) is 5.82 Å². The third-order valence-corrected chi connectivity index (χ3v) is 5.88. The number of aromatic nitrogens is 3. The molecule has 4 rings (SSSR count). The van der Waals surface area contributed by atoms with Crippen LogP contribution in [-0.2, 0) is 6.61 Å². The zero-order valence-electron chi connectivity index (χ0n) is 14.5. The SMILES string of the molecule is O=c1[nH]c2nc(OCc3cccc(Cl)c3)nc(NC3(CO)CCCC3)c2s1. The van der Waals surface area contributed by atoms with Gasteiger partial charge in [0.05, 0.1) is 12.1 Å². The van der Waals surface area contributed by atoms with Crippen molar-refractivity contribution in [3.05, 3.63) is 44.5 Å².